The molecule has 0 atom stereocenters. The number of hydrogen-bond acceptors (Lipinski definition) is 0. The van der Waals surface area contributed by atoms with Gasteiger partial charge in [0.25, 0.3) is 0 Å². The first-order valence-corrected chi connectivity index (χ1v) is 0.655. The van der Waals surface area contributed by atoms with Crippen molar-refractivity contribution in [2.45, 2.75) is 6.68 Å². The summed E-state index contributed by atoms with van der Waals surface area (Å²) in [5.41, 5.74) is 0. The molecule has 0 aliphatic carbocycles. The summed E-state index contributed by atoms with van der Waals surface area (Å²) >= 11 is 0. The molecule has 0 nitrogen and oxygen atoms in total. The van der Waals surface area contributed by atoms with Crippen LogP contribution in [0.4, 0.5) is 13.2 Å². The molecular formula is CH3BaF3. The van der Waals surface area contributed by atoms with Crippen molar-refractivity contribution in [1.29, 1.82) is 0 Å². The molecule has 4 heteroatoms. The Morgan fingerprint density at radius 2 is 1.20 bits per heavy atom. The van der Waals surface area contributed by atoms with E-state index < -0.39 is 6.68 Å². The van der Waals surface area contributed by atoms with Crippen molar-refractivity contribution in [2.75, 3.05) is 0 Å². The zero-order valence-electron chi connectivity index (χ0n) is 4.42. The van der Waals surface area contributed by atoms with E-state index in [2.05, 4.69) is 0 Å². The smallest absolute Gasteiger partial charge is 1.00 e. The van der Waals surface area contributed by atoms with Gasteiger partial charge < -0.3 is 2.85 Å². The fourth-order valence-electron chi connectivity index (χ4n) is 0. The monoisotopic (exact) mass is 210 g/mol. The third-order valence-corrected chi connectivity index (χ3v) is 0. The summed E-state index contributed by atoms with van der Waals surface area (Å²) in [6.07, 6.45) is 0. The number of rotatable bonds is 0. The molecule has 0 amide bonds. The van der Waals surface area contributed by atoms with Crippen molar-refractivity contribution in [3.63, 3.8) is 0 Å². The molecule has 0 aliphatic heterocycles. The molecule has 0 spiro atoms. The third-order valence-electron chi connectivity index (χ3n) is 0. The first-order chi connectivity index (χ1) is 1.73. The van der Waals surface area contributed by atoms with Crippen LogP contribution in [-0.2, 0) is 0 Å². The van der Waals surface area contributed by atoms with Crippen LogP contribution in [0.25, 0.3) is 0 Å². The Morgan fingerprint density at radius 1 is 1.20 bits per heavy atom. The molecule has 0 radical (unpaired) electrons. The van der Waals surface area contributed by atoms with Gasteiger partial charge in [0, 0.05) is 0 Å². The van der Waals surface area contributed by atoms with Crippen LogP contribution in [-0.4, -0.2) is 55.6 Å². The van der Waals surface area contributed by atoms with Gasteiger partial charge >= 0.3 is 55.6 Å². The van der Waals surface area contributed by atoms with Gasteiger partial charge in [-0.1, -0.05) is 0 Å². The second kappa shape index (κ2) is 5.36. The van der Waals surface area contributed by atoms with Gasteiger partial charge in [-0.25, -0.2) is 0 Å². The van der Waals surface area contributed by atoms with Gasteiger partial charge in [0.1, 0.15) is 0 Å². The van der Waals surface area contributed by atoms with E-state index >= 15 is 0 Å². The van der Waals surface area contributed by atoms with Crippen molar-refractivity contribution in [3.8, 4) is 0 Å². The Kier molecular flexibility index (Phi) is 10.3. The fourth-order valence-corrected chi connectivity index (χ4v) is 0. The standard InChI is InChI=1S/CHF3.Ba.2H/c2-1(3)4;;;/h1H;;;/q;+2;2*-1. The predicted octanol–water partition coefficient (Wildman–Crippen LogP) is 1.02. The van der Waals surface area contributed by atoms with Crippen LogP contribution in [0.1, 0.15) is 2.85 Å². The molecule has 0 aromatic carbocycles. The molecule has 0 aromatic heterocycles. The Labute approximate surface area is 70.8 Å². The molecule has 0 aromatic rings. The Bertz CT molecular complexity index is 17.7. The van der Waals surface area contributed by atoms with Crippen LogP contribution in [0, 0.1) is 0 Å². The van der Waals surface area contributed by atoms with E-state index in [0.717, 1.165) is 0 Å². The molecule has 30 valence electrons. The van der Waals surface area contributed by atoms with E-state index in [4.69, 9.17) is 0 Å². The first-order valence-electron chi connectivity index (χ1n) is 0.655. The van der Waals surface area contributed by atoms with Crippen molar-refractivity contribution >= 4 is 48.9 Å². The first kappa shape index (κ1) is 9.61. The van der Waals surface area contributed by atoms with Crippen LogP contribution in [0.3, 0.4) is 0 Å². The minimum atomic E-state index is -3.67. The van der Waals surface area contributed by atoms with E-state index in [-0.39, 0.29) is 51.7 Å². The normalized spacial score (nSPS) is 7.20. The van der Waals surface area contributed by atoms with E-state index in [9.17, 15) is 13.2 Å². The number of halogens is 3. The van der Waals surface area contributed by atoms with Gasteiger partial charge in [-0.3, -0.25) is 0 Å². The molecule has 0 saturated heterocycles. The molecule has 5 heavy (non-hydrogen) atoms. The quantitative estimate of drug-likeness (QED) is 0.523. The van der Waals surface area contributed by atoms with Crippen molar-refractivity contribution in [2.24, 2.45) is 0 Å². The minimum Gasteiger partial charge on any atom is -1.00 e. The Balaban J connectivity index is -0.0000000150. The fraction of sp³-hybridized carbons (Fsp3) is 1.00. The van der Waals surface area contributed by atoms with E-state index in [1.165, 1.54) is 0 Å². The van der Waals surface area contributed by atoms with Crippen molar-refractivity contribution in [3.05, 3.63) is 0 Å². The summed E-state index contributed by atoms with van der Waals surface area (Å²) in [5, 5.41) is 0. The molecule has 0 heterocycles. The molecule has 0 aliphatic rings. The summed E-state index contributed by atoms with van der Waals surface area (Å²) in [6.45, 7) is -3.67. The molecule has 0 rings (SSSR count). The van der Waals surface area contributed by atoms with Crippen LogP contribution in [0.5, 0.6) is 0 Å². The van der Waals surface area contributed by atoms with Gasteiger partial charge in [0.2, 0.25) is 0 Å². The number of hydrogen-bond donors (Lipinski definition) is 0. The largest absolute Gasteiger partial charge is 2.00 e. The van der Waals surface area contributed by atoms with E-state index in [1.54, 1.807) is 0 Å². The van der Waals surface area contributed by atoms with Crippen LogP contribution >= 0.6 is 0 Å². The van der Waals surface area contributed by atoms with E-state index in [0.29, 0.717) is 0 Å². The van der Waals surface area contributed by atoms with Gasteiger partial charge in [-0.2, -0.15) is 13.2 Å². The summed E-state index contributed by atoms with van der Waals surface area (Å²) in [4.78, 5) is 0. The van der Waals surface area contributed by atoms with E-state index in [1.807, 2.05) is 0 Å². The van der Waals surface area contributed by atoms with Gasteiger partial charge in [-0.05, 0) is 0 Å². The van der Waals surface area contributed by atoms with Gasteiger partial charge in [0.15, 0.2) is 0 Å². The van der Waals surface area contributed by atoms with Gasteiger partial charge in [-0.15, -0.1) is 0 Å². The SMILES string of the molecule is FC(F)F.[Ba+2].[H-].[H-]. The third kappa shape index (κ3) is 32.7. The predicted molar refractivity (Wildman–Crippen MR) is 15.1 cm³/mol. The van der Waals surface area contributed by atoms with Crippen LogP contribution < -0.4 is 0 Å². The van der Waals surface area contributed by atoms with Gasteiger partial charge in [0.05, 0.1) is 0 Å². The zero-order valence-corrected chi connectivity index (χ0v) is 6.86. The summed E-state index contributed by atoms with van der Waals surface area (Å²) < 4.78 is 29.0. The Morgan fingerprint density at radius 3 is 1.20 bits per heavy atom. The van der Waals surface area contributed by atoms with Crippen molar-refractivity contribution in [1.82, 2.24) is 0 Å². The summed E-state index contributed by atoms with van der Waals surface area (Å²) in [6, 6.07) is 0. The molecular weight excluding hydrogens is 206 g/mol. The maximum Gasteiger partial charge on any atom is 2.00 e. The molecule has 0 fully saturated rings. The minimum absolute atomic E-state index is 0. The topological polar surface area (TPSA) is 0 Å². The average Bonchev–Trinajstić information content (AvgIpc) is 0.811. The maximum atomic E-state index is 9.67. The Hall–Kier alpha value is 1.36. The number of alkyl halides is 3. The average molecular weight is 209 g/mol. The summed E-state index contributed by atoms with van der Waals surface area (Å²) in [7, 11) is 0. The maximum absolute atomic E-state index is 9.67. The molecule has 0 unspecified atom stereocenters. The van der Waals surface area contributed by atoms with Crippen LogP contribution in [0.15, 0.2) is 0 Å². The van der Waals surface area contributed by atoms with Crippen LogP contribution in [0.2, 0.25) is 0 Å². The second-order valence-electron chi connectivity index (χ2n) is 0.247. The second-order valence-corrected chi connectivity index (χ2v) is 0.247. The molecule has 0 N–H and O–H groups in total. The zero-order chi connectivity index (χ0) is 3.58. The summed E-state index contributed by atoms with van der Waals surface area (Å²) in [5.74, 6) is 0. The van der Waals surface area contributed by atoms with Crippen molar-refractivity contribution < 1.29 is 16.0 Å². The molecule has 0 saturated carbocycles. The molecule has 0 bridgehead atoms.